The highest BCUT2D eigenvalue weighted by Crippen LogP contribution is 2.10. The molecule has 1 N–H and O–H groups in total. The highest BCUT2D eigenvalue weighted by Gasteiger charge is 2.02. The van der Waals surface area contributed by atoms with E-state index in [2.05, 4.69) is 21.2 Å². The summed E-state index contributed by atoms with van der Waals surface area (Å²) in [6.45, 7) is 4.46. The Morgan fingerprint density at radius 1 is 1.38 bits per heavy atom. The molecule has 0 saturated carbocycles. The summed E-state index contributed by atoms with van der Waals surface area (Å²) in [7, 11) is 0. The molecule has 0 heterocycles. The van der Waals surface area contributed by atoms with Crippen LogP contribution in [0.25, 0.3) is 0 Å². The van der Waals surface area contributed by atoms with Crippen LogP contribution in [0.4, 0.5) is 0 Å². The third-order valence-corrected chi connectivity index (χ3v) is 2.48. The zero-order valence-electron chi connectivity index (χ0n) is 9.50. The number of hydrogen-bond acceptors (Lipinski definition) is 2. The van der Waals surface area contributed by atoms with Crippen molar-refractivity contribution >= 4 is 21.8 Å². The molecule has 0 atom stereocenters. The summed E-state index contributed by atoms with van der Waals surface area (Å²) in [6.07, 6.45) is 0.0819. The Labute approximate surface area is 104 Å². The predicted molar refractivity (Wildman–Crippen MR) is 67.1 cm³/mol. The topological polar surface area (TPSA) is 38.3 Å². The number of hydrogen-bond donors (Lipinski definition) is 1. The molecule has 0 fully saturated rings. The molecule has 88 valence electrons. The summed E-state index contributed by atoms with van der Waals surface area (Å²) in [5, 5.41) is 2.79. The van der Waals surface area contributed by atoms with Gasteiger partial charge in [0.2, 0.25) is 5.91 Å². The van der Waals surface area contributed by atoms with Gasteiger partial charge in [0.15, 0.2) is 0 Å². The molecule has 0 aromatic heterocycles. The van der Waals surface area contributed by atoms with Gasteiger partial charge in [-0.1, -0.05) is 28.1 Å². The van der Waals surface area contributed by atoms with Crippen LogP contribution in [0.15, 0.2) is 28.7 Å². The summed E-state index contributed by atoms with van der Waals surface area (Å²) in [5.41, 5.74) is 1.07. The number of halogens is 1. The molecule has 0 saturated heterocycles. The number of nitrogens with one attached hydrogen (secondary N) is 1. The first-order valence-corrected chi connectivity index (χ1v) is 6.00. The molecule has 1 aromatic rings. The fourth-order valence-corrected chi connectivity index (χ4v) is 1.36. The van der Waals surface area contributed by atoms with Crippen molar-refractivity contribution in [1.82, 2.24) is 5.32 Å². The van der Waals surface area contributed by atoms with Crippen molar-refractivity contribution in [2.24, 2.45) is 0 Å². The fourth-order valence-electron chi connectivity index (χ4n) is 1.10. The largest absolute Gasteiger partial charge is 0.369 e. The van der Waals surface area contributed by atoms with E-state index in [0.29, 0.717) is 6.54 Å². The Morgan fingerprint density at radius 2 is 2.00 bits per heavy atom. The van der Waals surface area contributed by atoms with E-state index in [1.165, 1.54) is 0 Å². The molecule has 0 unspecified atom stereocenters. The smallest absolute Gasteiger partial charge is 0.246 e. The number of carbonyl (C=O) groups is 1. The first kappa shape index (κ1) is 13.2. The second kappa shape index (κ2) is 6.66. The lowest BCUT2D eigenvalue weighted by Crippen LogP contribution is -2.28. The van der Waals surface area contributed by atoms with E-state index in [-0.39, 0.29) is 18.6 Å². The molecule has 4 heteroatoms. The predicted octanol–water partition coefficient (Wildman–Crippen LogP) is 2.49. The summed E-state index contributed by atoms with van der Waals surface area (Å²) in [4.78, 5) is 11.3. The second-order valence-electron chi connectivity index (χ2n) is 3.76. The summed E-state index contributed by atoms with van der Waals surface area (Å²) in [5.74, 6) is -0.0865. The molecule has 0 bridgehead atoms. The van der Waals surface area contributed by atoms with Gasteiger partial charge in [-0.3, -0.25) is 4.79 Å². The van der Waals surface area contributed by atoms with E-state index in [1.807, 2.05) is 38.1 Å². The van der Waals surface area contributed by atoms with Crippen molar-refractivity contribution in [1.29, 1.82) is 0 Å². The first-order valence-electron chi connectivity index (χ1n) is 5.20. The average Bonchev–Trinajstić information content (AvgIpc) is 2.25. The third kappa shape index (κ3) is 5.28. The SMILES string of the molecule is CC(C)OCC(=O)NCc1ccc(Br)cc1. The first-order chi connectivity index (χ1) is 7.58. The highest BCUT2D eigenvalue weighted by molar-refractivity contribution is 9.10. The quantitative estimate of drug-likeness (QED) is 0.903. The lowest BCUT2D eigenvalue weighted by atomic mass is 10.2. The maximum atomic E-state index is 11.3. The minimum atomic E-state index is -0.0865. The maximum Gasteiger partial charge on any atom is 0.246 e. The molecule has 16 heavy (non-hydrogen) atoms. The summed E-state index contributed by atoms with van der Waals surface area (Å²) in [6, 6.07) is 7.83. The van der Waals surface area contributed by atoms with E-state index < -0.39 is 0 Å². The van der Waals surface area contributed by atoms with Crippen LogP contribution in [-0.4, -0.2) is 18.6 Å². The van der Waals surface area contributed by atoms with Gasteiger partial charge in [-0.2, -0.15) is 0 Å². The fraction of sp³-hybridized carbons (Fsp3) is 0.417. The Morgan fingerprint density at radius 3 is 2.56 bits per heavy atom. The molecule has 1 amide bonds. The van der Waals surface area contributed by atoms with Gasteiger partial charge >= 0.3 is 0 Å². The Kier molecular flexibility index (Phi) is 5.49. The highest BCUT2D eigenvalue weighted by atomic mass is 79.9. The van der Waals surface area contributed by atoms with E-state index in [9.17, 15) is 4.79 Å². The van der Waals surface area contributed by atoms with Gasteiger partial charge in [0, 0.05) is 11.0 Å². The number of benzene rings is 1. The number of carbonyl (C=O) groups excluding carboxylic acids is 1. The minimum absolute atomic E-state index is 0.0819. The van der Waals surface area contributed by atoms with Crippen LogP contribution >= 0.6 is 15.9 Å². The van der Waals surface area contributed by atoms with Gasteiger partial charge in [0.05, 0.1) is 6.10 Å². The van der Waals surface area contributed by atoms with Gasteiger partial charge in [-0.25, -0.2) is 0 Å². The van der Waals surface area contributed by atoms with E-state index in [0.717, 1.165) is 10.0 Å². The number of amides is 1. The standard InChI is InChI=1S/C12H16BrNO2/c1-9(2)16-8-12(15)14-7-10-3-5-11(13)6-4-10/h3-6,9H,7-8H2,1-2H3,(H,14,15). The monoisotopic (exact) mass is 285 g/mol. The minimum Gasteiger partial charge on any atom is -0.369 e. The van der Waals surface area contributed by atoms with Gasteiger partial charge in [0.1, 0.15) is 6.61 Å². The van der Waals surface area contributed by atoms with Gasteiger partial charge in [0.25, 0.3) is 0 Å². The zero-order chi connectivity index (χ0) is 12.0. The van der Waals surface area contributed by atoms with E-state index in [4.69, 9.17) is 4.74 Å². The second-order valence-corrected chi connectivity index (χ2v) is 4.68. The molecular weight excluding hydrogens is 270 g/mol. The van der Waals surface area contributed by atoms with Gasteiger partial charge in [-0.15, -0.1) is 0 Å². The molecular formula is C12H16BrNO2. The zero-order valence-corrected chi connectivity index (χ0v) is 11.1. The molecule has 0 aliphatic rings. The lowest BCUT2D eigenvalue weighted by Gasteiger charge is -2.08. The van der Waals surface area contributed by atoms with Crippen LogP contribution < -0.4 is 5.32 Å². The average molecular weight is 286 g/mol. The van der Waals surface area contributed by atoms with Crippen molar-refractivity contribution in [3.63, 3.8) is 0 Å². The van der Waals surface area contributed by atoms with Crippen molar-refractivity contribution in [3.8, 4) is 0 Å². The Hall–Kier alpha value is -0.870. The third-order valence-electron chi connectivity index (χ3n) is 1.95. The van der Waals surface area contributed by atoms with Crippen molar-refractivity contribution in [3.05, 3.63) is 34.3 Å². The molecule has 0 spiro atoms. The van der Waals surface area contributed by atoms with Gasteiger partial charge < -0.3 is 10.1 Å². The molecule has 1 aromatic carbocycles. The van der Waals surface area contributed by atoms with Crippen molar-refractivity contribution in [2.45, 2.75) is 26.5 Å². The number of rotatable bonds is 5. The van der Waals surface area contributed by atoms with Crippen LogP contribution in [-0.2, 0) is 16.1 Å². The number of ether oxygens (including phenoxy) is 1. The normalized spacial score (nSPS) is 10.5. The molecule has 0 aliphatic carbocycles. The van der Waals surface area contributed by atoms with E-state index >= 15 is 0 Å². The van der Waals surface area contributed by atoms with Crippen LogP contribution in [0.3, 0.4) is 0 Å². The maximum absolute atomic E-state index is 11.3. The van der Waals surface area contributed by atoms with E-state index in [1.54, 1.807) is 0 Å². The Bertz CT molecular complexity index is 335. The Balaban J connectivity index is 2.29. The molecule has 0 aliphatic heterocycles. The lowest BCUT2D eigenvalue weighted by molar-refractivity contribution is -0.127. The van der Waals surface area contributed by atoms with Crippen molar-refractivity contribution in [2.75, 3.05) is 6.61 Å². The van der Waals surface area contributed by atoms with Crippen molar-refractivity contribution < 1.29 is 9.53 Å². The van der Waals surface area contributed by atoms with Gasteiger partial charge in [-0.05, 0) is 31.5 Å². The van der Waals surface area contributed by atoms with Crippen LogP contribution in [0.1, 0.15) is 19.4 Å². The van der Waals surface area contributed by atoms with Crippen LogP contribution in [0, 0.1) is 0 Å². The molecule has 3 nitrogen and oxygen atoms in total. The molecule has 1 rings (SSSR count). The summed E-state index contributed by atoms with van der Waals surface area (Å²) < 4.78 is 6.22. The van der Waals surface area contributed by atoms with Crippen LogP contribution in [0.2, 0.25) is 0 Å². The summed E-state index contributed by atoms with van der Waals surface area (Å²) >= 11 is 3.36. The molecule has 0 radical (unpaired) electrons. The van der Waals surface area contributed by atoms with Crippen LogP contribution in [0.5, 0.6) is 0 Å².